The van der Waals surface area contributed by atoms with Crippen LogP contribution < -0.4 is 14.9 Å². The van der Waals surface area contributed by atoms with E-state index in [4.69, 9.17) is 37.4 Å². The first-order valence-corrected chi connectivity index (χ1v) is 9.40. The van der Waals surface area contributed by atoms with Crippen molar-refractivity contribution in [2.24, 2.45) is 5.10 Å². The summed E-state index contributed by atoms with van der Waals surface area (Å²) in [4.78, 5) is 11.2. The summed E-state index contributed by atoms with van der Waals surface area (Å²) in [5.74, 6) is 0.967. The Morgan fingerprint density at radius 1 is 1.30 bits per heavy atom. The van der Waals surface area contributed by atoms with E-state index in [-0.39, 0.29) is 13.2 Å². The van der Waals surface area contributed by atoms with Gasteiger partial charge in [-0.2, -0.15) is 5.10 Å². The van der Waals surface area contributed by atoms with Crippen molar-refractivity contribution in [1.82, 2.24) is 5.43 Å². The summed E-state index contributed by atoms with van der Waals surface area (Å²) in [6, 6.07) is 8.74. The number of nitrogens with one attached hydrogen (secondary N) is 1. The van der Waals surface area contributed by atoms with Gasteiger partial charge < -0.3 is 14.2 Å². The normalized spacial score (nSPS) is 10.7. The molecule has 1 amide bonds. The van der Waals surface area contributed by atoms with Gasteiger partial charge in [-0.25, -0.2) is 10.2 Å². The minimum absolute atomic E-state index is 0.172. The molecule has 2 rings (SSSR count). The van der Waals surface area contributed by atoms with E-state index in [0.717, 1.165) is 0 Å². The molecule has 0 saturated carbocycles. The van der Waals surface area contributed by atoms with Gasteiger partial charge in [0, 0.05) is 15.6 Å². The number of amides is 1. The average Bonchev–Trinajstić information content (AvgIpc) is 2.62. The SMILES string of the molecule is CCOC(=O)N/N=C/c1cc(Br)c(OCc2c(Cl)cccc2Cl)c(OC)c1. The van der Waals surface area contributed by atoms with E-state index in [1.807, 2.05) is 0 Å². The zero-order valence-corrected chi connectivity index (χ0v) is 17.7. The van der Waals surface area contributed by atoms with Crippen molar-refractivity contribution in [3.8, 4) is 11.5 Å². The highest BCUT2D eigenvalue weighted by Crippen LogP contribution is 2.37. The summed E-state index contributed by atoms with van der Waals surface area (Å²) >= 11 is 15.8. The van der Waals surface area contributed by atoms with E-state index < -0.39 is 6.09 Å². The van der Waals surface area contributed by atoms with Crippen LogP contribution in [0.4, 0.5) is 4.79 Å². The van der Waals surface area contributed by atoms with Crippen LogP contribution in [0.3, 0.4) is 0 Å². The number of halogens is 3. The molecule has 0 aliphatic rings. The molecule has 0 aliphatic heterocycles. The van der Waals surface area contributed by atoms with Crippen molar-refractivity contribution in [2.45, 2.75) is 13.5 Å². The predicted octanol–water partition coefficient (Wildman–Crippen LogP) is 5.42. The zero-order valence-electron chi connectivity index (χ0n) is 14.6. The fourth-order valence-corrected chi connectivity index (χ4v) is 3.17. The Morgan fingerprint density at radius 3 is 2.63 bits per heavy atom. The summed E-state index contributed by atoms with van der Waals surface area (Å²) < 4.78 is 16.6. The van der Waals surface area contributed by atoms with Gasteiger partial charge in [-0.15, -0.1) is 0 Å². The first-order valence-electron chi connectivity index (χ1n) is 7.85. The molecule has 0 radical (unpaired) electrons. The molecule has 0 unspecified atom stereocenters. The first kappa shape index (κ1) is 21.3. The van der Waals surface area contributed by atoms with Crippen molar-refractivity contribution in [2.75, 3.05) is 13.7 Å². The smallest absolute Gasteiger partial charge is 0.427 e. The lowest BCUT2D eigenvalue weighted by atomic mass is 10.2. The monoisotopic (exact) mass is 474 g/mol. The molecule has 0 aromatic heterocycles. The number of methoxy groups -OCH3 is 1. The van der Waals surface area contributed by atoms with Crippen LogP contribution in [0.15, 0.2) is 39.9 Å². The van der Waals surface area contributed by atoms with Crippen LogP contribution in [-0.2, 0) is 11.3 Å². The van der Waals surface area contributed by atoms with Crippen molar-refractivity contribution in [1.29, 1.82) is 0 Å². The van der Waals surface area contributed by atoms with Crippen LogP contribution in [0.25, 0.3) is 0 Å². The van der Waals surface area contributed by atoms with Gasteiger partial charge in [0.25, 0.3) is 0 Å². The third-order valence-electron chi connectivity index (χ3n) is 3.32. The van der Waals surface area contributed by atoms with Gasteiger partial charge in [-0.3, -0.25) is 0 Å². The molecule has 0 heterocycles. The molecular weight excluding hydrogens is 459 g/mol. The molecular formula is C18H17BrCl2N2O4. The fraction of sp³-hybridized carbons (Fsp3) is 0.222. The minimum Gasteiger partial charge on any atom is -0.493 e. The number of carbonyl (C=O) groups excluding carboxylic acids is 1. The maximum absolute atomic E-state index is 11.2. The van der Waals surface area contributed by atoms with Gasteiger partial charge in [0.2, 0.25) is 0 Å². The molecule has 0 saturated heterocycles. The molecule has 0 fully saturated rings. The second-order valence-electron chi connectivity index (χ2n) is 5.11. The lowest BCUT2D eigenvalue weighted by Gasteiger charge is -2.14. The number of nitrogens with zero attached hydrogens (tertiary/aromatic N) is 1. The molecule has 9 heteroatoms. The number of rotatable bonds is 7. The number of hydrazone groups is 1. The van der Waals surface area contributed by atoms with Crippen LogP contribution in [0, 0.1) is 0 Å². The van der Waals surface area contributed by atoms with Gasteiger partial charge in [0.15, 0.2) is 11.5 Å². The quantitative estimate of drug-likeness (QED) is 0.428. The molecule has 0 atom stereocenters. The number of hydrogen-bond acceptors (Lipinski definition) is 5. The highest BCUT2D eigenvalue weighted by Gasteiger charge is 2.14. The molecule has 0 bridgehead atoms. The molecule has 27 heavy (non-hydrogen) atoms. The Balaban J connectivity index is 2.16. The Morgan fingerprint density at radius 2 is 2.00 bits per heavy atom. The molecule has 144 valence electrons. The van der Waals surface area contributed by atoms with Crippen molar-refractivity contribution in [3.05, 3.63) is 56.0 Å². The summed E-state index contributed by atoms with van der Waals surface area (Å²) in [5, 5.41) is 4.86. The lowest BCUT2D eigenvalue weighted by Crippen LogP contribution is -2.18. The van der Waals surface area contributed by atoms with Gasteiger partial charge in [-0.05, 0) is 52.7 Å². The number of hydrogen-bond donors (Lipinski definition) is 1. The molecule has 6 nitrogen and oxygen atoms in total. The second-order valence-corrected chi connectivity index (χ2v) is 6.78. The van der Waals surface area contributed by atoms with Gasteiger partial charge in [0.05, 0.1) is 24.4 Å². The molecule has 2 aromatic carbocycles. The fourth-order valence-electron chi connectivity index (χ4n) is 2.09. The summed E-state index contributed by atoms with van der Waals surface area (Å²) in [5.41, 5.74) is 3.61. The second kappa shape index (κ2) is 10.4. The van der Waals surface area contributed by atoms with E-state index in [1.165, 1.54) is 13.3 Å². The van der Waals surface area contributed by atoms with E-state index in [2.05, 4.69) is 26.5 Å². The third-order valence-corrected chi connectivity index (χ3v) is 4.62. The molecule has 1 N–H and O–H groups in total. The Bertz CT molecular complexity index is 826. The van der Waals surface area contributed by atoms with Crippen molar-refractivity contribution < 1.29 is 19.0 Å². The van der Waals surface area contributed by atoms with Crippen LogP contribution in [0.1, 0.15) is 18.1 Å². The molecule has 0 aliphatic carbocycles. The predicted molar refractivity (Wildman–Crippen MR) is 109 cm³/mol. The minimum atomic E-state index is -0.628. The maximum Gasteiger partial charge on any atom is 0.427 e. The van der Waals surface area contributed by atoms with E-state index in [1.54, 1.807) is 37.3 Å². The first-order chi connectivity index (χ1) is 13.0. The Hall–Kier alpha value is -1.96. The lowest BCUT2D eigenvalue weighted by molar-refractivity contribution is 0.152. The average molecular weight is 476 g/mol. The van der Waals surface area contributed by atoms with E-state index in [0.29, 0.717) is 37.1 Å². The van der Waals surface area contributed by atoms with E-state index >= 15 is 0 Å². The largest absolute Gasteiger partial charge is 0.493 e. The summed E-state index contributed by atoms with van der Waals surface area (Å²) in [6.45, 7) is 2.15. The Kier molecular flexibility index (Phi) is 8.22. The number of ether oxygens (including phenoxy) is 3. The topological polar surface area (TPSA) is 69.2 Å². The van der Waals surface area contributed by atoms with Crippen molar-refractivity contribution in [3.63, 3.8) is 0 Å². The van der Waals surface area contributed by atoms with Crippen LogP contribution >= 0.6 is 39.1 Å². The maximum atomic E-state index is 11.2. The van der Waals surface area contributed by atoms with Gasteiger partial charge in [0.1, 0.15) is 6.61 Å². The van der Waals surface area contributed by atoms with Crippen LogP contribution in [-0.4, -0.2) is 26.0 Å². The summed E-state index contributed by atoms with van der Waals surface area (Å²) in [7, 11) is 1.52. The third kappa shape index (κ3) is 6.02. The van der Waals surface area contributed by atoms with Crippen molar-refractivity contribution >= 4 is 51.4 Å². The Labute approximate surface area is 175 Å². The van der Waals surface area contributed by atoms with Crippen LogP contribution in [0.2, 0.25) is 10.0 Å². The van der Waals surface area contributed by atoms with Gasteiger partial charge in [-0.1, -0.05) is 29.3 Å². The summed E-state index contributed by atoms with van der Waals surface area (Å²) in [6.07, 6.45) is 0.829. The molecule has 0 spiro atoms. The molecule has 2 aromatic rings. The standard InChI is InChI=1S/C18H17BrCl2N2O4/c1-3-26-18(24)23-22-9-11-7-13(19)17(16(8-11)25-2)27-10-12-14(20)5-4-6-15(12)21/h4-9H,3,10H2,1-2H3,(H,23,24)/b22-9+. The van der Waals surface area contributed by atoms with E-state index in [9.17, 15) is 4.79 Å². The highest BCUT2D eigenvalue weighted by atomic mass is 79.9. The highest BCUT2D eigenvalue weighted by molar-refractivity contribution is 9.10. The zero-order chi connectivity index (χ0) is 19.8. The van der Waals surface area contributed by atoms with Crippen LogP contribution in [0.5, 0.6) is 11.5 Å². The number of carbonyl (C=O) groups is 1. The van der Waals surface area contributed by atoms with Gasteiger partial charge >= 0.3 is 6.09 Å². The number of benzene rings is 2.